The van der Waals surface area contributed by atoms with Crippen LogP contribution in [-0.2, 0) is 62.3 Å². The van der Waals surface area contributed by atoms with Gasteiger partial charge in [-0.3, -0.25) is 0 Å². The van der Waals surface area contributed by atoms with Crippen molar-refractivity contribution in [3.05, 3.63) is 115 Å². The number of ether oxygens (including phenoxy) is 4. The molecular formula is C73H116O8. The van der Waals surface area contributed by atoms with Crippen molar-refractivity contribution >= 4 is 0 Å². The van der Waals surface area contributed by atoms with Crippen molar-refractivity contribution in [3.63, 3.8) is 0 Å². The minimum Gasteiger partial charge on any atom is -0.507 e. The highest BCUT2D eigenvalue weighted by atomic mass is 16.5. The van der Waals surface area contributed by atoms with Crippen LogP contribution in [0.25, 0.3) is 0 Å². The molecule has 0 aromatic heterocycles. The van der Waals surface area contributed by atoms with Gasteiger partial charge in [-0.2, -0.15) is 0 Å². The first kappa shape index (κ1) is 69.4. The van der Waals surface area contributed by atoms with Crippen molar-refractivity contribution in [3.8, 4) is 23.0 Å². The molecule has 0 saturated carbocycles. The van der Waals surface area contributed by atoms with E-state index in [1.165, 1.54) is 0 Å². The van der Waals surface area contributed by atoms with E-state index in [0.717, 1.165) is 66.8 Å². The van der Waals surface area contributed by atoms with Crippen LogP contribution >= 0.6 is 0 Å². The van der Waals surface area contributed by atoms with Gasteiger partial charge < -0.3 is 39.4 Å². The Hall–Kier alpha value is -4.08. The second-order valence-corrected chi connectivity index (χ2v) is 33.0. The molecule has 0 radical (unpaired) electrons. The first-order valence-corrected chi connectivity index (χ1v) is 30.3. The molecule has 0 amide bonds. The maximum atomic E-state index is 11.7. The summed E-state index contributed by atoms with van der Waals surface area (Å²) >= 11 is 0. The van der Waals surface area contributed by atoms with Crippen LogP contribution in [0.4, 0.5) is 0 Å². The summed E-state index contributed by atoms with van der Waals surface area (Å²) < 4.78 is 28.0. The van der Waals surface area contributed by atoms with Crippen LogP contribution in [0.5, 0.6) is 23.0 Å². The Labute approximate surface area is 494 Å². The fourth-order valence-electron chi connectivity index (χ4n) is 10.8. The summed E-state index contributed by atoms with van der Waals surface area (Å²) in [6.07, 6.45) is 0. The molecule has 4 atom stereocenters. The van der Waals surface area contributed by atoms with Gasteiger partial charge in [0.1, 0.15) is 23.0 Å². The third kappa shape index (κ3) is 18.0. The minimum absolute atomic E-state index is 0.0103. The SMILES string of the molecule is CC(COCC(COCC(C)c1cc(C(C)(C)C)c(O)c(C(C)(C)C)c1)(COCC(C)c1cc(C(C)(C)C)c(O)c(C(C)(C)C)c1)COCC(C)c1cc(C(C)(C)C)c(O)c(C(C)(C)C)c1)c1cc(C(C)(C)C)c(O)c(C(C)(C)C)c1. The minimum atomic E-state index is -0.771. The average molecular weight is 1120 g/mol. The van der Waals surface area contributed by atoms with Crippen molar-refractivity contribution in [2.24, 2.45) is 5.41 Å². The van der Waals surface area contributed by atoms with Crippen LogP contribution < -0.4 is 0 Å². The molecule has 4 rings (SSSR count). The third-order valence-electron chi connectivity index (χ3n) is 16.4. The molecule has 4 N–H and O–H groups in total. The fraction of sp³-hybridized carbons (Fsp3) is 0.671. The van der Waals surface area contributed by atoms with E-state index in [1.54, 1.807) is 0 Å². The van der Waals surface area contributed by atoms with Crippen molar-refractivity contribution in [1.82, 2.24) is 0 Å². The molecule has 0 aliphatic carbocycles. The van der Waals surface area contributed by atoms with Crippen LogP contribution in [0.15, 0.2) is 48.5 Å². The highest BCUT2D eigenvalue weighted by molar-refractivity contribution is 5.54. The Kier molecular flexibility index (Phi) is 21.6. The molecule has 8 nitrogen and oxygen atoms in total. The molecule has 8 heteroatoms. The second kappa shape index (κ2) is 25.2. The van der Waals surface area contributed by atoms with E-state index in [2.05, 4.69) is 242 Å². The summed E-state index contributed by atoms with van der Waals surface area (Å²) in [7, 11) is 0. The standard InChI is InChI=1S/C73H116O8/c1-45(49-29-53(65(5,6)7)61(74)54(30-49)66(8,9)10)37-78-41-73(42-79-38-46(2)50-31-55(67(11,12)13)62(75)56(32-50)68(14,15)16,43-80-39-47(3)51-33-57(69(17,18)19)63(76)58(34-51)70(20,21)22)44-81-40-48(4)52-35-59(71(23,24)25)64(77)60(36-52)72(26,27)28/h29-36,45-48,74-77H,37-44H2,1-28H3. The molecule has 0 saturated heterocycles. The highest BCUT2D eigenvalue weighted by Crippen LogP contribution is 2.46. The summed E-state index contributed by atoms with van der Waals surface area (Å²) in [5, 5.41) is 46.6. The molecule has 4 aromatic carbocycles. The summed E-state index contributed by atoms with van der Waals surface area (Å²) in [5.74, 6) is 1.40. The predicted octanol–water partition coefficient (Wildman–Crippen LogP) is 18.5. The Morgan fingerprint density at radius 2 is 0.383 bits per heavy atom. The van der Waals surface area contributed by atoms with E-state index in [0.29, 0.717) is 49.4 Å². The molecule has 0 aliphatic rings. The van der Waals surface area contributed by atoms with Crippen LogP contribution in [0.3, 0.4) is 0 Å². The Morgan fingerprint density at radius 3 is 0.494 bits per heavy atom. The lowest BCUT2D eigenvalue weighted by Crippen LogP contribution is -2.43. The summed E-state index contributed by atoms with van der Waals surface area (Å²) in [6, 6.07) is 17.3. The lowest BCUT2D eigenvalue weighted by Gasteiger charge is -2.35. The topological polar surface area (TPSA) is 118 Å². The van der Waals surface area contributed by atoms with Gasteiger partial charge in [-0.15, -0.1) is 0 Å². The number of phenols is 4. The fourth-order valence-corrected chi connectivity index (χ4v) is 10.8. The van der Waals surface area contributed by atoms with Gasteiger partial charge in [-0.25, -0.2) is 0 Å². The van der Waals surface area contributed by atoms with Gasteiger partial charge in [-0.1, -0.05) is 242 Å². The van der Waals surface area contributed by atoms with Gasteiger partial charge in [0, 0.05) is 23.7 Å². The lowest BCUT2D eigenvalue weighted by atomic mass is 9.77. The van der Waals surface area contributed by atoms with Crippen molar-refractivity contribution < 1.29 is 39.4 Å². The molecule has 0 bridgehead atoms. The molecule has 0 fully saturated rings. The largest absolute Gasteiger partial charge is 0.507 e. The molecular weight excluding hydrogens is 1000 g/mol. The van der Waals surface area contributed by atoms with Crippen LogP contribution in [0.2, 0.25) is 0 Å². The molecule has 4 aromatic rings. The molecule has 0 heterocycles. The number of hydrogen-bond acceptors (Lipinski definition) is 8. The first-order chi connectivity index (χ1) is 36.5. The van der Waals surface area contributed by atoms with E-state index in [1.807, 2.05) is 0 Å². The summed E-state index contributed by atoms with van der Waals surface area (Å²) in [4.78, 5) is 0. The van der Waals surface area contributed by atoms with Crippen LogP contribution in [0.1, 0.15) is 284 Å². The highest BCUT2D eigenvalue weighted by Gasteiger charge is 2.37. The Bertz CT molecular complexity index is 2220. The summed E-state index contributed by atoms with van der Waals surface area (Å²) in [6.45, 7) is 63.1. The average Bonchev–Trinajstić information content (AvgIpc) is 3.28. The van der Waals surface area contributed by atoms with Gasteiger partial charge in [0.05, 0.1) is 58.3 Å². The van der Waals surface area contributed by atoms with Crippen LogP contribution in [0, 0.1) is 5.41 Å². The van der Waals surface area contributed by atoms with Crippen molar-refractivity contribution in [1.29, 1.82) is 0 Å². The predicted molar refractivity (Wildman–Crippen MR) is 341 cm³/mol. The molecule has 81 heavy (non-hydrogen) atoms. The number of aromatic hydroxyl groups is 4. The molecule has 4 unspecified atom stereocenters. The van der Waals surface area contributed by atoms with Gasteiger partial charge >= 0.3 is 0 Å². The van der Waals surface area contributed by atoms with Crippen molar-refractivity contribution in [2.45, 2.75) is 261 Å². The normalized spacial score (nSPS) is 15.9. The van der Waals surface area contributed by atoms with Crippen LogP contribution in [-0.4, -0.2) is 73.3 Å². The zero-order valence-corrected chi connectivity index (χ0v) is 56.5. The smallest absolute Gasteiger partial charge is 0.123 e. The first-order valence-electron chi connectivity index (χ1n) is 30.3. The third-order valence-corrected chi connectivity index (χ3v) is 16.4. The molecule has 456 valence electrons. The molecule has 0 aliphatic heterocycles. The monoisotopic (exact) mass is 1120 g/mol. The Morgan fingerprint density at radius 1 is 0.259 bits per heavy atom. The quantitative estimate of drug-likeness (QED) is 0.0691. The van der Waals surface area contributed by atoms with E-state index in [4.69, 9.17) is 18.9 Å². The van der Waals surface area contributed by atoms with Gasteiger partial charge in [0.25, 0.3) is 0 Å². The number of hydrogen-bond donors (Lipinski definition) is 4. The maximum Gasteiger partial charge on any atom is 0.123 e. The molecule has 0 spiro atoms. The van der Waals surface area contributed by atoms with Crippen molar-refractivity contribution in [2.75, 3.05) is 52.9 Å². The number of benzene rings is 4. The lowest BCUT2D eigenvalue weighted by molar-refractivity contribution is -0.110. The van der Waals surface area contributed by atoms with E-state index >= 15 is 0 Å². The number of rotatable bonds is 20. The van der Waals surface area contributed by atoms with Gasteiger partial charge in [0.2, 0.25) is 0 Å². The summed E-state index contributed by atoms with van der Waals surface area (Å²) in [5.41, 5.74) is 8.86. The van der Waals surface area contributed by atoms with E-state index < -0.39 is 5.41 Å². The zero-order valence-electron chi connectivity index (χ0n) is 56.5. The second-order valence-electron chi connectivity index (χ2n) is 33.0. The maximum absolute atomic E-state index is 11.7. The number of phenolic OH excluding ortho intramolecular Hbond substituents is 4. The Balaban J connectivity index is 1.85. The van der Waals surface area contributed by atoms with Gasteiger partial charge in [0.15, 0.2) is 0 Å². The van der Waals surface area contributed by atoms with Gasteiger partial charge in [-0.05, 0) is 110 Å². The van der Waals surface area contributed by atoms with E-state index in [-0.39, 0.29) is 93.4 Å². The zero-order chi connectivity index (χ0) is 62.2. The van der Waals surface area contributed by atoms with E-state index in [9.17, 15) is 20.4 Å².